The van der Waals surface area contributed by atoms with Gasteiger partial charge in [-0.25, -0.2) is 13.1 Å². The van der Waals surface area contributed by atoms with E-state index in [1.807, 2.05) is 16.9 Å². The van der Waals surface area contributed by atoms with Gasteiger partial charge in [0.1, 0.15) is 0 Å². The van der Waals surface area contributed by atoms with Crippen LogP contribution in [0.4, 0.5) is 0 Å². The van der Waals surface area contributed by atoms with Crippen molar-refractivity contribution in [1.29, 1.82) is 0 Å². The van der Waals surface area contributed by atoms with Crippen molar-refractivity contribution in [2.24, 2.45) is 0 Å². The van der Waals surface area contributed by atoms with Crippen molar-refractivity contribution in [3.63, 3.8) is 0 Å². The summed E-state index contributed by atoms with van der Waals surface area (Å²) in [6.07, 6.45) is 3.12. The molecule has 0 aliphatic heterocycles. The van der Waals surface area contributed by atoms with E-state index in [1.54, 1.807) is 12.1 Å². The Morgan fingerprint density at radius 2 is 1.94 bits per heavy atom. The van der Waals surface area contributed by atoms with Crippen LogP contribution in [0.3, 0.4) is 0 Å². The lowest BCUT2D eigenvalue weighted by atomic mass is 10.0. The fourth-order valence-electron chi connectivity index (χ4n) is 1.68. The van der Waals surface area contributed by atoms with Gasteiger partial charge in [0.05, 0.1) is 6.26 Å². The third-order valence-electron chi connectivity index (χ3n) is 2.50. The van der Waals surface area contributed by atoms with Gasteiger partial charge in [0.2, 0.25) is 10.0 Å². The zero-order valence-electron chi connectivity index (χ0n) is 8.93. The number of sulfonamides is 1. The summed E-state index contributed by atoms with van der Waals surface area (Å²) in [4.78, 5) is 11.7. The molecule has 1 aliphatic rings. The van der Waals surface area contributed by atoms with Crippen molar-refractivity contribution >= 4 is 15.9 Å². The Morgan fingerprint density at radius 3 is 2.50 bits per heavy atom. The lowest BCUT2D eigenvalue weighted by molar-refractivity contribution is 0.0980. The van der Waals surface area contributed by atoms with Gasteiger partial charge in [-0.1, -0.05) is 18.2 Å². The first-order chi connectivity index (χ1) is 7.47. The highest BCUT2D eigenvalue weighted by molar-refractivity contribution is 7.89. The quantitative estimate of drug-likeness (QED) is 0.863. The van der Waals surface area contributed by atoms with Crippen molar-refractivity contribution < 1.29 is 13.2 Å². The second-order valence-electron chi connectivity index (χ2n) is 4.06. The first-order valence-electron chi connectivity index (χ1n) is 5.08. The molecule has 0 atom stereocenters. The molecule has 1 fully saturated rings. The Kier molecular flexibility index (Phi) is 2.71. The van der Waals surface area contributed by atoms with Gasteiger partial charge in [-0.2, -0.15) is 0 Å². The molecule has 0 unspecified atom stereocenters. The number of carbonyl (C=O) groups is 1. The minimum atomic E-state index is -3.49. The number of nitrogens with one attached hydrogen (secondary N) is 1. The van der Waals surface area contributed by atoms with Gasteiger partial charge >= 0.3 is 0 Å². The maximum absolute atomic E-state index is 11.7. The number of amides is 1. The number of carbonyl (C=O) groups excluding carboxylic acids is 1. The van der Waals surface area contributed by atoms with E-state index in [4.69, 9.17) is 0 Å². The van der Waals surface area contributed by atoms with Crippen molar-refractivity contribution in [1.82, 2.24) is 4.72 Å². The fourth-order valence-corrected chi connectivity index (χ4v) is 2.12. The Balaban J connectivity index is 2.29. The van der Waals surface area contributed by atoms with Crippen LogP contribution in [0.25, 0.3) is 0 Å². The third-order valence-corrected chi connectivity index (χ3v) is 3.06. The zero-order valence-corrected chi connectivity index (χ0v) is 9.75. The summed E-state index contributed by atoms with van der Waals surface area (Å²) >= 11 is 0. The summed E-state index contributed by atoms with van der Waals surface area (Å²) < 4.78 is 24.0. The predicted molar refractivity (Wildman–Crippen MR) is 60.7 cm³/mol. The van der Waals surface area contributed by atoms with Crippen molar-refractivity contribution in [2.75, 3.05) is 6.26 Å². The van der Waals surface area contributed by atoms with Gasteiger partial charge in [0, 0.05) is 5.56 Å². The maximum Gasteiger partial charge on any atom is 0.265 e. The molecule has 1 aromatic rings. The maximum atomic E-state index is 11.7. The van der Waals surface area contributed by atoms with Gasteiger partial charge in [0.25, 0.3) is 5.91 Å². The van der Waals surface area contributed by atoms with Crippen LogP contribution in [0.1, 0.15) is 34.7 Å². The van der Waals surface area contributed by atoms with Crippen molar-refractivity contribution in [3.05, 3.63) is 35.4 Å². The normalized spacial score (nSPS) is 15.8. The smallest absolute Gasteiger partial charge is 0.265 e. The summed E-state index contributed by atoms with van der Waals surface area (Å²) in [5.74, 6) is -0.119. The molecular formula is C11H13NO3S. The summed E-state index contributed by atoms with van der Waals surface area (Å²) in [6, 6.07) is 7.15. The highest BCUT2D eigenvalue weighted by Gasteiger charge is 2.28. The minimum absolute atomic E-state index is 0.418. The molecule has 1 N–H and O–H groups in total. The molecule has 0 aromatic heterocycles. The second kappa shape index (κ2) is 3.90. The number of rotatable bonds is 3. The molecule has 0 saturated heterocycles. The SMILES string of the molecule is CS(=O)(=O)NC(=O)c1ccccc1C1CC1. The van der Waals surface area contributed by atoms with Gasteiger partial charge in [-0.05, 0) is 30.4 Å². The minimum Gasteiger partial charge on any atom is -0.268 e. The summed E-state index contributed by atoms with van der Waals surface area (Å²) in [5.41, 5.74) is 1.42. The molecule has 1 aliphatic carbocycles. The molecule has 0 spiro atoms. The molecule has 1 saturated carbocycles. The highest BCUT2D eigenvalue weighted by atomic mass is 32.2. The standard InChI is InChI=1S/C11H13NO3S/c1-16(14,15)12-11(13)10-5-3-2-4-9(10)8-6-7-8/h2-5,8H,6-7H2,1H3,(H,12,13). The lowest BCUT2D eigenvalue weighted by Gasteiger charge is -2.07. The van der Waals surface area contributed by atoms with E-state index in [1.165, 1.54) is 0 Å². The number of hydrogen-bond acceptors (Lipinski definition) is 3. The predicted octanol–water partition coefficient (Wildman–Crippen LogP) is 1.25. The van der Waals surface area contributed by atoms with Crippen molar-refractivity contribution in [3.8, 4) is 0 Å². The molecule has 0 radical (unpaired) electrons. The summed E-state index contributed by atoms with van der Waals surface area (Å²) in [6.45, 7) is 0. The van der Waals surface area contributed by atoms with Crippen LogP contribution in [0.2, 0.25) is 0 Å². The van der Waals surface area contributed by atoms with Crippen LogP contribution >= 0.6 is 0 Å². The van der Waals surface area contributed by atoms with E-state index in [0.717, 1.165) is 24.7 Å². The van der Waals surface area contributed by atoms with Crippen molar-refractivity contribution in [2.45, 2.75) is 18.8 Å². The third kappa shape index (κ3) is 2.61. The molecule has 1 amide bonds. The van der Waals surface area contributed by atoms with Gasteiger partial charge in [-0.15, -0.1) is 0 Å². The Hall–Kier alpha value is -1.36. The number of hydrogen-bond donors (Lipinski definition) is 1. The number of benzene rings is 1. The molecule has 1 aromatic carbocycles. The molecule has 16 heavy (non-hydrogen) atoms. The van der Waals surface area contributed by atoms with E-state index >= 15 is 0 Å². The topological polar surface area (TPSA) is 63.2 Å². The van der Waals surface area contributed by atoms with E-state index < -0.39 is 15.9 Å². The molecule has 4 nitrogen and oxygen atoms in total. The van der Waals surface area contributed by atoms with Gasteiger partial charge in [0.15, 0.2) is 0 Å². The molecule has 86 valence electrons. The fraction of sp³-hybridized carbons (Fsp3) is 0.364. The summed E-state index contributed by atoms with van der Waals surface area (Å²) in [5, 5.41) is 0. The van der Waals surface area contributed by atoms with Gasteiger partial charge in [-0.3, -0.25) is 4.79 Å². The van der Waals surface area contributed by atoms with E-state index in [0.29, 0.717) is 11.5 Å². The highest BCUT2D eigenvalue weighted by Crippen LogP contribution is 2.41. The summed E-state index contributed by atoms with van der Waals surface area (Å²) in [7, 11) is -3.49. The first-order valence-corrected chi connectivity index (χ1v) is 6.97. The Morgan fingerprint density at radius 1 is 1.31 bits per heavy atom. The van der Waals surface area contributed by atoms with E-state index in [9.17, 15) is 13.2 Å². The van der Waals surface area contributed by atoms with E-state index in [-0.39, 0.29) is 0 Å². The van der Waals surface area contributed by atoms with Crippen LogP contribution < -0.4 is 4.72 Å². The van der Waals surface area contributed by atoms with Crippen LogP contribution in [0, 0.1) is 0 Å². The van der Waals surface area contributed by atoms with Crippen LogP contribution in [0.15, 0.2) is 24.3 Å². The average Bonchev–Trinajstić information content (AvgIpc) is 2.98. The van der Waals surface area contributed by atoms with E-state index in [2.05, 4.69) is 0 Å². The lowest BCUT2D eigenvalue weighted by Crippen LogP contribution is -2.30. The molecule has 2 rings (SSSR count). The monoisotopic (exact) mass is 239 g/mol. The van der Waals surface area contributed by atoms with Crippen LogP contribution in [-0.4, -0.2) is 20.6 Å². The second-order valence-corrected chi connectivity index (χ2v) is 5.81. The first kappa shape index (κ1) is 11.1. The molecular weight excluding hydrogens is 226 g/mol. The van der Waals surface area contributed by atoms with Crippen LogP contribution in [0.5, 0.6) is 0 Å². The zero-order chi connectivity index (χ0) is 11.8. The Bertz CT molecular complexity index is 518. The Labute approximate surface area is 94.7 Å². The van der Waals surface area contributed by atoms with Gasteiger partial charge < -0.3 is 0 Å². The molecule has 5 heteroatoms. The average molecular weight is 239 g/mol. The largest absolute Gasteiger partial charge is 0.268 e. The molecule has 0 heterocycles. The van der Waals surface area contributed by atoms with Crippen LogP contribution in [-0.2, 0) is 10.0 Å². The molecule has 0 bridgehead atoms.